The van der Waals surface area contributed by atoms with Crippen molar-refractivity contribution in [3.05, 3.63) is 69.8 Å². The third kappa shape index (κ3) is 3.47. The number of rotatable bonds is 6. The lowest BCUT2D eigenvalue weighted by atomic mass is 9.89. The molecule has 0 aliphatic rings. The van der Waals surface area contributed by atoms with Crippen LogP contribution in [-0.2, 0) is 6.42 Å². The first kappa shape index (κ1) is 17.7. The molecule has 8 nitrogen and oxygen atoms in total. The standard InChI is InChI=1S/C17H16N4O4/c18-14(22)8-3-1-4-9(15(19)23)12(8)7-13-10(16(20)24)5-2-6-11(13)17(21)25/h1-6H,7H2,(H2,18,22)(H2,19,23)(H2,20,24)(H2,21,25). The molecule has 4 amide bonds. The van der Waals surface area contributed by atoms with Gasteiger partial charge in [0, 0.05) is 28.7 Å². The molecule has 0 unspecified atom stereocenters. The molecular weight excluding hydrogens is 324 g/mol. The van der Waals surface area contributed by atoms with Crippen molar-refractivity contribution in [1.82, 2.24) is 0 Å². The lowest BCUT2D eigenvalue weighted by molar-refractivity contribution is 0.0985. The molecule has 0 aromatic heterocycles. The minimum absolute atomic E-state index is 0.0472. The second kappa shape index (κ2) is 6.83. The van der Waals surface area contributed by atoms with Gasteiger partial charge < -0.3 is 22.9 Å². The average Bonchev–Trinajstić information content (AvgIpc) is 2.54. The Hall–Kier alpha value is -3.68. The van der Waals surface area contributed by atoms with Crippen molar-refractivity contribution < 1.29 is 19.2 Å². The Bertz CT molecular complexity index is 768. The number of primary amides is 4. The lowest BCUT2D eigenvalue weighted by Gasteiger charge is -2.15. The highest BCUT2D eigenvalue weighted by Gasteiger charge is 2.22. The topological polar surface area (TPSA) is 172 Å². The van der Waals surface area contributed by atoms with Crippen LogP contribution < -0.4 is 22.9 Å². The highest BCUT2D eigenvalue weighted by atomic mass is 16.2. The van der Waals surface area contributed by atoms with E-state index in [1.165, 1.54) is 36.4 Å². The fraction of sp³-hybridized carbons (Fsp3) is 0.0588. The zero-order valence-corrected chi connectivity index (χ0v) is 13.1. The van der Waals surface area contributed by atoms with E-state index in [2.05, 4.69) is 0 Å². The van der Waals surface area contributed by atoms with E-state index in [1.807, 2.05) is 0 Å². The summed E-state index contributed by atoms with van der Waals surface area (Å²) < 4.78 is 0. The minimum Gasteiger partial charge on any atom is -0.366 e. The van der Waals surface area contributed by atoms with Crippen molar-refractivity contribution in [1.29, 1.82) is 0 Å². The van der Waals surface area contributed by atoms with Crippen molar-refractivity contribution >= 4 is 23.6 Å². The molecule has 0 heterocycles. The van der Waals surface area contributed by atoms with E-state index in [4.69, 9.17) is 22.9 Å². The maximum Gasteiger partial charge on any atom is 0.249 e. The Morgan fingerprint density at radius 2 is 0.800 bits per heavy atom. The van der Waals surface area contributed by atoms with Crippen molar-refractivity contribution in [2.24, 2.45) is 22.9 Å². The highest BCUT2D eigenvalue weighted by molar-refractivity contribution is 6.03. The van der Waals surface area contributed by atoms with Gasteiger partial charge in [-0.25, -0.2) is 0 Å². The molecule has 8 N–H and O–H groups in total. The second-order valence-corrected chi connectivity index (χ2v) is 5.30. The molecule has 8 heteroatoms. The van der Waals surface area contributed by atoms with Crippen LogP contribution in [0.3, 0.4) is 0 Å². The maximum atomic E-state index is 11.7. The summed E-state index contributed by atoms with van der Waals surface area (Å²) in [6, 6.07) is 8.58. The number of benzene rings is 2. The van der Waals surface area contributed by atoms with Crippen LogP contribution in [-0.4, -0.2) is 23.6 Å². The molecule has 0 aliphatic heterocycles. The van der Waals surface area contributed by atoms with E-state index in [9.17, 15) is 19.2 Å². The van der Waals surface area contributed by atoms with Crippen molar-refractivity contribution in [3.63, 3.8) is 0 Å². The predicted octanol–water partition coefficient (Wildman–Crippen LogP) is -0.327. The molecule has 2 rings (SSSR count). The molecule has 0 radical (unpaired) electrons. The van der Waals surface area contributed by atoms with Crippen LogP contribution >= 0.6 is 0 Å². The molecule has 0 spiro atoms. The number of hydrogen-bond acceptors (Lipinski definition) is 4. The molecule has 2 aromatic rings. The van der Waals surface area contributed by atoms with Gasteiger partial charge in [-0.2, -0.15) is 0 Å². The molecule has 0 aliphatic carbocycles. The molecule has 128 valence electrons. The van der Waals surface area contributed by atoms with Crippen molar-refractivity contribution in [3.8, 4) is 0 Å². The van der Waals surface area contributed by atoms with Gasteiger partial charge in [0.2, 0.25) is 23.6 Å². The Morgan fingerprint density at radius 1 is 0.560 bits per heavy atom. The molecular formula is C17H16N4O4. The lowest BCUT2D eigenvalue weighted by Crippen LogP contribution is -2.23. The highest BCUT2D eigenvalue weighted by Crippen LogP contribution is 2.24. The van der Waals surface area contributed by atoms with Crippen LogP contribution in [0.4, 0.5) is 0 Å². The summed E-state index contributed by atoms with van der Waals surface area (Å²) >= 11 is 0. The third-order valence-corrected chi connectivity index (χ3v) is 3.77. The van der Waals surface area contributed by atoms with Crippen LogP contribution in [0.5, 0.6) is 0 Å². The van der Waals surface area contributed by atoms with Crippen LogP contribution in [0.1, 0.15) is 52.6 Å². The summed E-state index contributed by atoms with van der Waals surface area (Å²) in [5, 5.41) is 0. The van der Waals surface area contributed by atoms with Gasteiger partial charge in [0.1, 0.15) is 0 Å². The number of carbonyl (C=O) groups excluding carboxylic acids is 4. The van der Waals surface area contributed by atoms with Gasteiger partial charge in [-0.15, -0.1) is 0 Å². The van der Waals surface area contributed by atoms with Gasteiger partial charge in [0.25, 0.3) is 0 Å². The van der Waals surface area contributed by atoms with E-state index < -0.39 is 23.6 Å². The Kier molecular flexibility index (Phi) is 4.83. The molecule has 25 heavy (non-hydrogen) atoms. The molecule has 0 saturated heterocycles. The first-order chi connectivity index (χ1) is 11.7. The Labute approximate surface area is 142 Å². The van der Waals surface area contributed by atoms with Gasteiger partial charge in [-0.05, 0) is 35.4 Å². The van der Waals surface area contributed by atoms with E-state index in [0.717, 1.165) is 0 Å². The summed E-state index contributed by atoms with van der Waals surface area (Å²) in [7, 11) is 0. The van der Waals surface area contributed by atoms with Gasteiger partial charge >= 0.3 is 0 Å². The minimum atomic E-state index is -0.782. The molecule has 0 atom stereocenters. The third-order valence-electron chi connectivity index (χ3n) is 3.77. The van der Waals surface area contributed by atoms with E-state index in [1.54, 1.807) is 0 Å². The monoisotopic (exact) mass is 340 g/mol. The smallest absolute Gasteiger partial charge is 0.249 e. The summed E-state index contributed by atoms with van der Waals surface area (Å²) in [6.45, 7) is 0. The largest absolute Gasteiger partial charge is 0.366 e. The first-order valence-electron chi connectivity index (χ1n) is 7.17. The SMILES string of the molecule is NC(=O)c1cccc(C(N)=O)c1Cc1c(C(N)=O)cccc1C(N)=O. The van der Waals surface area contributed by atoms with Gasteiger partial charge in [-0.1, -0.05) is 12.1 Å². The number of nitrogens with two attached hydrogens (primary N) is 4. The molecule has 0 saturated carbocycles. The van der Waals surface area contributed by atoms with E-state index >= 15 is 0 Å². The van der Waals surface area contributed by atoms with Crippen molar-refractivity contribution in [2.75, 3.05) is 0 Å². The van der Waals surface area contributed by atoms with Crippen LogP contribution in [0.25, 0.3) is 0 Å². The quantitative estimate of drug-likeness (QED) is 0.564. The Balaban J connectivity index is 2.76. The zero-order valence-electron chi connectivity index (χ0n) is 13.1. The molecule has 0 fully saturated rings. The number of amides is 4. The second-order valence-electron chi connectivity index (χ2n) is 5.30. The van der Waals surface area contributed by atoms with Crippen LogP contribution in [0, 0.1) is 0 Å². The summed E-state index contributed by atoms with van der Waals surface area (Å²) in [5.74, 6) is -3.13. The summed E-state index contributed by atoms with van der Waals surface area (Å²) in [5.41, 5.74) is 22.0. The fourth-order valence-corrected chi connectivity index (χ4v) is 2.65. The maximum absolute atomic E-state index is 11.7. The summed E-state index contributed by atoms with van der Waals surface area (Å²) in [6.07, 6.45) is -0.144. The van der Waals surface area contributed by atoms with Gasteiger partial charge in [0.15, 0.2) is 0 Å². The first-order valence-corrected chi connectivity index (χ1v) is 7.17. The number of carbonyl (C=O) groups is 4. The predicted molar refractivity (Wildman–Crippen MR) is 89.8 cm³/mol. The summed E-state index contributed by atoms with van der Waals surface area (Å²) in [4.78, 5) is 46.8. The molecule has 2 aromatic carbocycles. The van der Waals surface area contributed by atoms with E-state index in [-0.39, 0.29) is 39.8 Å². The number of hydrogen-bond donors (Lipinski definition) is 4. The van der Waals surface area contributed by atoms with Crippen LogP contribution in [0.15, 0.2) is 36.4 Å². The normalized spacial score (nSPS) is 10.2. The Morgan fingerprint density at radius 3 is 1.00 bits per heavy atom. The van der Waals surface area contributed by atoms with Crippen molar-refractivity contribution in [2.45, 2.75) is 6.42 Å². The van der Waals surface area contributed by atoms with Gasteiger partial charge in [0.05, 0.1) is 0 Å². The average molecular weight is 340 g/mol. The fourth-order valence-electron chi connectivity index (χ4n) is 2.65. The molecule has 0 bridgehead atoms. The van der Waals surface area contributed by atoms with E-state index in [0.29, 0.717) is 0 Å². The van der Waals surface area contributed by atoms with Gasteiger partial charge in [-0.3, -0.25) is 19.2 Å². The van der Waals surface area contributed by atoms with Crippen LogP contribution in [0.2, 0.25) is 0 Å². The zero-order chi connectivity index (χ0) is 18.7.